The van der Waals surface area contributed by atoms with Crippen LogP contribution in [0.5, 0.6) is 0 Å². The molecule has 0 bridgehead atoms. The van der Waals surface area contributed by atoms with Crippen LogP contribution in [0.3, 0.4) is 0 Å². The van der Waals surface area contributed by atoms with Crippen LogP contribution in [0.1, 0.15) is 75.9 Å². The molecule has 1 unspecified atom stereocenters. The molecule has 2 aromatic heterocycles. The average Bonchev–Trinajstić information content (AvgIpc) is 3.24. The fraction of sp³-hybridized carbons (Fsp3) is 0.423. The first-order valence-corrected chi connectivity index (χ1v) is 12.0. The summed E-state index contributed by atoms with van der Waals surface area (Å²) >= 11 is 6.39. The van der Waals surface area contributed by atoms with Crippen LogP contribution in [0.25, 0.3) is 0 Å². The van der Waals surface area contributed by atoms with Crippen molar-refractivity contribution in [1.82, 2.24) is 20.1 Å². The van der Waals surface area contributed by atoms with E-state index in [1.165, 1.54) is 12.0 Å². The number of fused-ring (bicyclic) bond motifs is 1. The van der Waals surface area contributed by atoms with Crippen LogP contribution >= 0.6 is 11.6 Å². The molecule has 32 heavy (non-hydrogen) atoms. The Morgan fingerprint density at radius 3 is 2.91 bits per heavy atom. The fourth-order valence-electron chi connectivity index (χ4n) is 5.15. The van der Waals surface area contributed by atoms with Gasteiger partial charge in [0.05, 0.1) is 0 Å². The van der Waals surface area contributed by atoms with E-state index in [4.69, 9.17) is 16.6 Å². The molecule has 0 saturated carbocycles. The maximum atomic E-state index is 13.3. The summed E-state index contributed by atoms with van der Waals surface area (Å²) in [4.78, 5) is 20.2. The molecule has 1 amide bonds. The summed E-state index contributed by atoms with van der Waals surface area (Å²) in [6.45, 7) is 3.53. The lowest BCUT2D eigenvalue weighted by atomic mass is 9.91. The molecular weight excluding hydrogens is 420 g/mol. The number of aryl methyl sites for hydroxylation is 2. The van der Waals surface area contributed by atoms with Crippen LogP contribution in [0.4, 0.5) is 0 Å². The van der Waals surface area contributed by atoms with Gasteiger partial charge >= 0.3 is 0 Å². The van der Waals surface area contributed by atoms with E-state index in [2.05, 4.69) is 28.4 Å². The number of nitrogens with one attached hydrogen (secondary N) is 1. The van der Waals surface area contributed by atoms with E-state index in [-0.39, 0.29) is 11.8 Å². The van der Waals surface area contributed by atoms with Gasteiger partial charge in [0.1, 0.15) is 0 Å². The van der Waals surface area contributed by atoms with E-state index in [0.717, 1.165) is 78.3 Å². The minimum Gasteiger partial charge on any atom is -0.337 e. The summed E-state index contributed by atoms with van der Waals surface area (Å²) in [5.74, 6) is 0.311. The Hall–Kier alpha value is -2.66. The lowest BCUT2D eigenvalue weighted by molar-refractivity contribution is 0.0698. The van der Waals surface area contributed by atoms with E-state index in [9.17, 15) is 4.79 Å². The summed E-state index contributed by atoms with van der Waals surface area (Å²) in [6, 6.07) is 12.3. The summed E-state index contributed by atoms with van der Waals surface area (Å²) in [7, 11) is 0. The van der Waals surface area contributed by atoms with Gasteiger partial charge in [-0.3, -0.25) is 14.9 Å². The highest BCUT2D eigenvalue weighted by atomic mass is 35.5. The average molecular weight is 449 g/mol. The number of H-pyrrole nitrogens is 1. The van der Waals surface area contributed by atoms with Crippen molar-refractivity contribution in [2.45, 2.75) is 57.8 Å². The number of carbonyl (C=O) groups excluding carboxylic acids is 1. The minimum absolute atomic E-state index is 0.0676. The van der Waals surface area contributed by atoms with Gasteiger partial charge in [0.2, 0.25) is 0 Å². The van der Waals surface area contributed by atoms with Crippen LogP contribution in [0, 0.1) is 6.92 Å². The molecule has 3 aromatic rings. The number of likely N-dealkylation sites (tertiary alicyclic amines) is 1. The molecule has 1 fully saturated rings. The Kier molecular flexibility index (Phi) is 6.01. The number of aromatic nitrogens is 3. The minimum atomic E-state index is 0.0676. The quantitative estimate of drug-likeness (QED) is 0.592. The Balaban J connectivity index is 1.35. The molecule has 1 aliphatic carbocycles. The van der Waals surface area contributed by atoms with E-state index in [0.29, 0.717) is 12.2 Å². The zero-order valence-corrected chi connectivity index (χ0v) is 19.3. The Bertz CT molecular complexity index is 1140. The van der Waals surface area contributed by atoms with Gasteiger partial charge < -0.3 is 4.90 Å². The third-order valence-corrected chi connectivity index (χ3v) is 7.14. The molecule has 5 rings (SSSR count). The summed E-state index contributed by atoms with van der Waals surface area (Å²) < 4.78 is 0. The molecule has 166 valence electrons. The maximum absolute atomic E-state index is 13.3. The monoisotopic (exact) mass is 448 g/mol. The molecule has 3 heterocycles. The first-order chi connectivity index (χ1) is 15.6. The van der Waals surface area contributed by atoms with Gasteiger partial charge in [-0.2, -0.15) is 5.10 Å². The van der Waals surface area contributed by atoms with E-state index < -0.39 is 0 Å². The van der Waals surface area contributed by atoms with E-state index >= 15 is 0 Å². The molecule has 1 N–H and O–H groups in total. The number of hydrogen-bond acceptors (Lipinski definition) is 3. The van der Waals surface area contributed by atoms with Crippen LogP contribution in [-0.4, -0.2) is 39.1 Å². The number of pyridine rings is 1. The second kappa shape index (κ2) is 9.07. The first-order valence-electron chi connectivity index (χ1n) is 11.6. The van der Waals surface area contributed by atoms with E-state index in [1.54, 1.807) is 0 Å². The first kappa shape index (κ1) is 21.2. The van der Waals surface area contributed by atoms with Gasteiger partial charge in [0, 0.05) is 46.7 Å². The molecule has 6 heteroatoms. The Morgan fingerprint density at radius 2 is 2.03 bits per heavy atom. The Morgan fingerprint density at radius 1 is 1.19 bits per heavy atom. The molecule has 1 aromatic carbocycles. The lowest BCUT2D eigenvalue weighted by Crippen LogP contribution is -2.40. The van der Waals surface area contributed by atoms with E-state index in [1.807, 2.05) is 30.0 Å². The van der Waals surface area contributed by atoms with Crippen molar-refractivity contribution in [2.24, 2.45) is 0 Å². The molecule has 0 radical (unpaired) electrons. The number of halogens is 1. The topological polar surface area (TPSA) is 61.9 Å². The fourth-order valence-corrected chi connectivity index (χ4v) is 5.35. The number of aromatic amines is 1. The van der Waals surface area contributed by atoms with Crippen LogP contribution in [-0.2, 0) is 19.3 Å². The highest BCUT2D eigenvalue weighted by Gasteiger charge is 2.30. The zero-order chi connectivity index (χ0) is 22.1. The molecule has 1 aliphatic heterocycles. The van der Waals surface area contributed by atoms with Gasteiger partial charge in [-0.1, -0.05) is 29.8 Å². The summed E-state index contributed by atoms with van der Waals surface area (Å²) in [6.07, 6.45) is 7.07. The third kappa shape index (κ3) is 4.31. The van der Waals surface area contributed by atoms with Crippen molar-refractivity contribution >= 4 is 17.5 Å². The Labute approximate surface area is 194 Å². The number of piperidine rings is 1. The predicted octanol–water partition coefficient (Wildman–Crippen LogP) is 5.26. The van der Waals surface area contributed by atoms with Crippen molar-refractivity contribution in [2.75, 3.05) is 13.1 Å². The summed E-state index contributed by atoms with van der Waals surface area (Å²) in [5.41, 5.74) is 7.34. The molecule has 1 atom stereocenters. The maximum Gasteiger partial charge on any atom is 0.274 e. The number of benzene rings is 1. The highest BCUT2D eigenvalue weighted by molar-refractivity contribution is 6.31. The summed E-state index contributed by atoms with van der Waals surface area (Å²) in [5, 5.41) is 8.31. The number of hydrogen-bond donors (Lipinski definition) is 1. The standard InChI is InChI=1S/C26H29ClN4O/c1-17-13-18(14-19-7-2-4-10-22(19)27)15-24(28-17)20-8-6-12-31(16-20)26(32)25-21-9-3-5-11-23(21)29-30-25/h2,4,7,10,13,15,20H,3,5-6,8-9,11-12,14,16H2,1H3,(H,29,30). The van der Waals surface area contributed by atoms with Crippen LogP contribution in [0.2, 0.25) is 5.02 Å². The van der Waals surface area contributed by atoms with Crippen LogP contribution in [0.15, 0.2) is 36.4 Å². The normalized spacial score (nSPS) is 18.4. The molecule has 1 saturated heterocycles. The van der Waals surface area contributed by atoms with Gasteiger partial charge in [0.25, 0.3) is 5.91 Å². The van der Waals surface area contributed by atoms with Gasteiger partial charge in [-0.25, -0.2) is 0 Å². The lowest BCUT2D eigenvalue weighted by Gasteiger charge is -2.32. The van der Waals surface area contributed by atoms with Gasteiger partial charge in [-0.05, 0) is 81.2 Å². The number of carbonyl (C=O) groups is 1. The smallest absolute Gasteiger partial charge is 0.274 e. The molecule has 2 aliphatic rings. The van der Waals surface area contributed by atoms with Crippen molar-refractivity contribution < 1.29 is 4.79 Å². The molecule has 0 spiro atoms. The second-order valence-corrected chi connectivity index (χ2v) is 9.54. The molecular formula is C26H29ClN4O. The zero-order valence-electron chi connectivity index (χ0n) is 18.5. The SMILES string of the molecule is Cc1cc(Cc2ccccc2Cl)cc(C2CCCN(C(=O)c3n[nH]c4c3CCCC4)C2)n1. The van der Waals surface area contributed by atoms with Crippen LogP contribution < -0.4 is 0 Å². The number of rotatable bonds is 4. The third-order valence-electron chi connectivity index (χ3n) is 6.77. The highest BCUT2D eigenvalue weighted by Crippen LogP contribution is 2.30. The predicted molar refractivity (Wildman–Crippen MR) is 126 cm³/mol. The largest absolute Gasteiger partial charge is 0.337 e. The van der Waals surface area contributed by atoms with Crippen molar-refractivity contribution in [3.8, 4) is 0 Å². The second-order valence-electron chi connectivity index (χ2n) is 9.14. The van der Waals surface area contributed by atoms with Crippen molar-refractivity contribution in [1.29, 1.82) is 0 Å². The van der Waals surface area contributed by atoms with Gasteiger partial charge in [-0.15, -0.1) is 0 Å². The number of nitrogens with zero attached hydrogens (tertiary/aromatic N) is 3. The van der Waals surface area contributed by atoms with Crippen molar-refractivity contribution in [3.05, 3.63) is 80.9 Å². The van der Waals surface area contributed by atoms with Crippen molar-refractivity contribution in [3.63, 3.8) is 0 Å². The number of amides is 1. The van der Waals surface area contributed by atoms with Gasteiger partial charge in [0.15, 0.2) is 5.69 Å². The molecule has 5 nitrogen and oxygen atoms in total.